The number of benzene rings is 1. The number of thiazole rings is 1. The third-order valence-electron chi connectivity index (χ3n) is 3.77. The van der Waals surface area contributed by atoms with Gasteiger partial charge in [0.05, 0.1) is 28.8 Å². The van der Waals surface area contributed by atoms with Crippen LogP contribution in [0.2, 0.25) is 0 Å². The number of rotatable bonds is 7. The summed E-state index contributed by atoms with van der Waals surface area (Å²) in [5, 5.41) is 14.6. The highest BCUT2D eigenvalue weighted by Crippen LogP contribution is 2.29. The largest absolute Gasteiger partial charge is 0.495 e. The van der Waals surface area contributed by atoms with Crippen LogP contribution in [0.15, 0.2) is 24.4 Å². The van der Waals surface area contributed by atoms with Gasteiger partial charge in [0, 0.05) is 29.8 Å². The standard InChI is InChI=1S/C16H20N4O4S/c1-10(19(3)9-13-8-17-11(2)25-13)16(21)18-14-7-12(20(22)23)5-6-15(14)24-4/h5-8,10H,9H2,1-4H3,(H,18,21)/t10-/m0/s1. The Morgan fingerprint density at radius 2 is 2.24 bits per heavy atom. The number of methoxy groups -OCH3 is 1. The fraction of sp³-hybridized carbons (Fsp3) is 0.375. The van der Waals surface area contributed by atoms with Crippen molar-refractivity contribution in [2.75, 3.05) is 19.5 Å². The lowest BCUT2D eigenvalue weighted by molar-refractivity contribution is -0.384. The van der Waals surface area contributed by atoms with Gasteiger partial charge >= 0.3 is 0 Å². The fourth-order valence-electron chi connectivity index (χ4n) is 2.21. The van der Waals surface area contributed by atoms with Crippen molar-refractivity contribution in [3.8, 4) is 5.75 Å². The number of anilines is 1. The molecule has 1 aromatic carbocycles. The van der Waals surface area contributed by atoms with E-state index < -0.39 is 11.0 Å². The predicted molar refractivity (Wildman–Crippen MR) is 96.1 cm³/mol. The van der Waals surface area contributed by atoms with E-state index in [9.17, 15) is 14.9 Å². The molecule has 0 aliphatic heterocycles. The Morgan fingerprint density at radius 1 is 1.52 bits per heavy atom. The molecule has 1 N–H and O–H groups in total. The SMILES string of the molecule is COc1ccc([N+](=O)[O-])cc1NC(=O)[C@H](C)N(C)Cc1cnc(C)s1. The van der Waals surface area contributed by atoms with Crippen LogP contribution in [-0.2, 0) is 11.3 Å². The molecule has 0 aliphatic rings. The number of carbonyl (C=O) groups is 1. The Bertz CT molecular complexity index is 777. The third kappa shape index (κ3) is 4.74. The maximum Gasteiger partial charge on any atom is 0.271 e. The normalized spacial score (nSPS) is 12.0. The fourth-order valence-corrected chi connectivity index (χ4v) is 3.06. The van der Waals surface area contributed by atoms with Crippen LogP contribution >= 0.6 is 11.3 Å². The lowest BCUT2D eigenvalue weighted by Gasteiger charge is -2.23. The Balaban J connectivity index is 2.09. The maximum absolute atomic E-state index is 12.5. The van der Waals surface area contributed by atoms with Crippen molar-refractivity contribution in [2.45, 2.75) is 26.4 Å². The third-order valence-corrected chi connectivity index (χ3v) is 4.66. The number of carbonyl (C=O) groups excluding carboxylic acids is 1. The number of hydrogen-bond donors (Lipinski definition) is 1. The molecule has 2 rings (SSSR count). The number of aromatic nitrogens is 1. The van der Waals surface area contributed by atoms with Gasteiger partial charge in [-0.1, -0.05) is 0 Å². The first-order valence-corrected chi connectivity index (χ1v) is 8.38. The minimum absolute atomic E-state index is 0.114. The number of non-ortho nitro benzene ring substituents is 1. The van der Waals surface area contributed by atoms with Gasteiger partial charge in [-0.3, -0.25) is 19.8 Å². The van der Waals surface area contributed by atoms with Crippen LogP contribution in [0.4, 0.5) is 11.4 Å². The number of ether oxygens (including phenoxy) is 1. The summed E-state index contributed by atoms with van der Waals surface area (Å²) in [7, 11) is 3.28. The Hall–Kier alpha value is -2.52. The zero-order chi connectivity index (χ0) is 18.6. The van der Waals surface area contributed by atoms with E-state index in [1.54, 1.807) is 24.5 Å². The monoisotopic (exact) mass is 364 g/mol. The average molecular weight is 364 g/mol. The number of nitrogens with one attached hydrogen (secondary N) is 1. The highest BCUT2D eigenvalue weighted by molar-refractivity contribution is 7.11. The van der Waals surface area contributed by atoms with Gasteiger partial charge in [0.1, 0.15) is 5.75 Å². The summed E-state index contributed by atoms with van der Waals surface area (Å²) in [6.07, 6.45) is 1.80. The van der Waals surface area contributed by atoms with Crippen LogP contribution in [0.25, 0.3) is 0 Å². The van der Waals surface area contributed by atoms with E-state index in [1.807, 2.05) is 18.9 Å². The van der Waals surface area contributed by atoms with Crippen molar-refractivity contribution in [2.24, 2.45) is 0 Å². The molecule has 0 saturated heterocycles. The van der Waals surface area contributed by atoms with Crippen LogP contribution in [0, 0.1) is 17.0 Å². The highest BCUT2D eigenvalue weighted by atomic mass is 32.1. The molecule has 8 nitrogen and oxygen atoms in total. The molecule has 2 aromatic rings. The van der Waals surface area contributed by atoms with Crippen LogP contribution in [0.5, 0.6) is 5.75 Å². The van der Waals surface area contributed by atoms with Crippen LogP contribution in [-0.4, -0.2) is 40.9 Å². The van der Waals surface area contributed by atoms with E-state index in [0.29, 0.717) is 12.3 Å². The van der Waals surface area contributed by atoms with Crippen molar-refractivity contribution in [3.63, 3.8) is 0 Å². The first-order valence-electron chi connectivity index (χ1n) is 7.56. The second-order valence-electron chi connectivity index (χ2n) is 5.57. The highest BCUT2D eigenvalue weighted by Gasteiger charge is 2.21. The van der Waals surface area contributed by atoms with E-state index in [0.717, 1.165) is 9.88 Å². The van der Waals surface area contributed by atoms with Gasteiger partial charge in [-0.05, 0) is 27.0 Å². The predicted octanol–water partition coefficient (Wildman–Crippen LogP) is 2.83. The molecular weight excluding hydrogens is 344 g/mol. The van der Waals surface area contributed by atoms with E-state index >= 15 is 0 Å². The number of nitrogens with zero attached hydrogens (tertiary/aromatic N) is 3. The van der Waals surface area contributed by atoms with Gasteiger partial charge in [-0.15, -0.1) is 11.3 Å². The number of nitro benzene ring substituents is 1. The summed E-state index contributed by atoms with van der Waals surface area (Å²) in [6.45, 7) is 4.29. The van der Waals surface area contributed by atoms with Crippen LogP contribution in [0.1, 0.15) is 16.8 Å². The van der Waals surface area contributed by atoms with E-state index in [-0.39, 0.29) is 17.3 Å². The quantitative estimate of drug-likeness (QED) is 0.599. The van der Waals surface area contributed by atoms with Crippen molar-refractivity contribution in [1.82, 2.24) is 9.88 Å². The first-order chi connectivity index (χ1) is 11.8. The number of aryl methyl sites for hydroxylation is 1. The second kappa shape index (κ2) is 8.04. The molecule has 1 heterocycles. The zero-order valence-corrected chi connectivity index (χ0v) is 15.3. The summed E-state index contributed by atoms with van der Waals surface area (Å²) >= 11 is 1.58. The minimum atomic E-state index is -0.517. The molecule has 1 atom stereocenters. The van der Waals surface area contributed by atoms with Crippen LogP contribution < -0.4 is 10.1 Å². The van der Waals surface area contributed by atoms with Crippen LogP contribution in [0.3, 0.4) is 0 Å². The number of hydrogen-bond acceptors (Lipinski definition) is 7. The number of amides is 1. The van der Waals surface area contributed by atoms with Gasteiger partial charge in [-0.25, -0.2) is 4.98 Å². The number of likely N-dealkylation sites (N-methyl/N-ethyl adjacent to an activating group) is 1. The maximum atomic E-state index is 12.5. The Morgan fingerprint density at radius 3 is 2.80 bits per heavy atom. The summed E-state index contributed by atoms with van der Waals surface area (Å²) in [5.74, 6) is 0.0921. The van der Waals surface area contributed by atoms with Gasteiger partial charge in [-0.2, -0.15) is 0 Å². The van der Waals surface area contributed by atoms with Gasteiger partial charge in [0.25, 0.3) is 5.69 Å². The smallest absolute Gasteiger partial charge is 0.271 e. The lowest BCUT2D eigenvalue weighted by atomic mass is 10.2. The Labute approximate surface area is 149 Å². The first kappa shape index (κ1) is 18.8. The zero-order valence-electron chi connectivity index (χ0n) is 14.5. The van der Waals surface area contributed by atoms with Crippen molar-refractivity contribution in [1.29, 1.82) is 0 Å². The molecule has 1 aromatic heterocycles. The molecular formula is C16H20N4O4S. The second-order valence-corrected chi connectivity index (χ2v) is 6.89. The molecule has 9 heteroatoms. The minimum Gasteiger partial charge on any atom is -0.495 e. The molecule has 0 unspecified atom stereocenters. The topological polar surface area (TPSA) is 97.6 Å². The molecule has 0 bridgehead atoms. The van der Waals surface area contributed by atoms with E-state index in [1.165, 1.54) is 25.3 Å². The molecule has 0 aliphatic carbocycles. The van der Waals surface area contributed by atoms with Crippen molar-refractivity contribution < 1.29 is 14.5 Å². The number of nitro groups is 1. The van der Waals surface area contributed by atoms with Gasteiger partial charge < -0.3 is 10.1 Å². The molecule has 0 fully saturated rings. The van der Waals surface area contributed by atoms with Crippen molar-refractivity contribution in [3.05, 3.63) is 44.4 Å². The molecule has 0 saturated carbocycles. The molecule has 1 amide bonds. The van der Waals surface area contributed by atoms with E-state index in [4.69, 9.17) is 4.74 Å². The van der Waals surface area contributed by atoms with E-state index in [2.05, 4.69) is 10.3 Å². The molecule has 25 heavy (non-hydrogen) atoms. The van der Waals surface area contributed by atoms with Crippen molar-refractivity contribution >= 4 is 28.6 Å². The summed E-state index contributed by atoms with van der Waals surface area (Å²) in [4.78, 5) is 30.1. The summed E-state index contributed by atoms with van der Waals surface area (Å²) < 4.78 is 5.16. The molecule has 0 radical (unpaired) electrons. The lowest BCUT2D eigenvalue weighted by Crippen LogP contribution is -2.39. The van der Waals surface area contributed by atoms with Gasteiger partial charge in [0.15, 0.2) is 0 Å². The summed E-state index contributed by atoms with van der Waals surface area (Å²) in [5.41, 5.74) is 0.160. The molecule has 134 valence electrons. The molecule has 0 spiro atoms. The summed E-state index contributed by atoms with van der Waals surface area (Å²) in [6, 6.07) is 3.64. The average Bonchev–Trinajstić information content (AvgIpc) is 2.98. The van der Waals surface area contributed by atoms with Gasteiger partial charge in [0.2, 0.25) is 5.91 Å². The Kier molecular flexibility index (Phi) is 6.05.